The first-order chi connectivity index (χ1) is 18.9. The fourth-order valence-corrected chi connectivity index (χ4v) is 4.73. The van der Waals surface area contributed by atoms with Gasteiger partial charge in [0.25, 0.3) is 5.91 Å². The Morgan fingerprint density at radius 3 is 2.67 bits per heavy atom. The van der Waals surface area contributed by atoms with Gasteiger partial charge < -0.3 is 20.7 Å². The van der Waals surface area contributed by atoms with Crippen LogP contribution in [0.1, 0.15) is 31.5 Å². The lowest BCUT2D eigenvalue weighted by molar-refractivity contribution is -0.145. The van der Waals surface area contributed by atoms with Crippen LogP contribution in [0.5, 0.6) is 0 Å². The Balaban J connectivity index is 1.56. The molecule has 2 aromatic rings. The first-order valence-corrected chi connectivity index (χ1v) is 12.7. The second kappa shape index (κ2) is 11.7. The van der Waals surface area contributed by atoms with Crippen molar-refractivity contribution in [3.63, 3.8) is 0 Å². The van der Waals surface area contributed by atoms with Crippen molar-refractivity contribution in [3.05, 3.63) is 65.5 Å². The Morgan fingerprint density at radius 1 is 1.25 bits per heavy atom. The number of fused-ring (bicyclic) bond motifs is 1. The van der Waals surface area contributed by atoms with E-state index in [2.05, 4.69) is 15.4 Å². The third-order valence-electron chi connectivity index (χ3n) is 6.90. The number of likely N-dealkylation sites (tertiary alicyclic amines) is 1. The van der Waals surface area contributed by atoms with E-state index in [1.54, 1.807) is 24.4 Å². The summed E-state index contributed by atoms with van der Waals surface area (Å²) in [5.74, 6) is -3.34. The van der Waals surface area contributed by atoms with Crippen molar-refractivity contribution in [1.29, 1.82) is 0 Å². The van der Waals surface area contributed by atoms with E-state index in [9.17, 15) is 27.6 Å². The van der Waals surface area contributed by atoms with Crippen molar-refractivity contribution < 1.29 is 32.3 Å². The predicted molar refractivity (Wildman–Crippen MR) is 138 cm³/mol. The smallest absolute Gasteiger partial charge is 0.259 e. The van der Waals surface area contributed by atoms with E-state index < -0.39 is 53.2 Å². The van der Waals surface area contributed by atoms with Gasteiger partial charge in [-0.3, -0.25) is 19.4 Å². The van der Waals surface area contributed by atoms with Gasteiger partial charge in [-0.1, -0.05) is 12.1 Å². The molecule has 0 unspecified atom stereocenters. The predicted octanol–water partition coefficient (Wildman–Crippen LogP) is 1.69. The molecule has 3 amide bonds. The van der Waals surface area contributed by atoms with Crippen LogP contribution in [-0.4, -0.2) is 76.4 Å². The monoisotopic (exact) mass is 560 g/mol. The maximum Gasteiger partial charge on any atom is 0.259 e. The minimum Gasteiger partial charge on any atom is -0.374 e. The number of rotatable bonds is 10. The number of carbonyl (C=O) groups excluding carboxylic acids is 3. The summed E-state index contributed by atoms with van der Waals surface area (Å²) in [6.07, 6.45) is 1.87. The van der Waals surface area contributed by atoms with Crippen molar-refractivity contribution in [2.45, 2.75) is 44.9 Å². The van der Waals surface area contributed by atoms with Gasteiger partial charge in [0, 0.05) is 49.5 Å². The summed E-state index contributed by atoms with van der Waals surface area (Å²) in [4.78, 5) is 45.5. The number of benzene rings is 1. The molecule has 2 atom stereocenters. The number of hydrazone groups is 1. The van der Waals surface area contributed by atoms with Crippen LogP contribution in [0.25, 0.3) is 0 Å². The molecule has 2 aliphatic heterocycles. The summed E-state index contributed by atoms with van der Waals surface area (Å²) in [6.45, 7) is 1.20. The number of carbonyl (C=O) groups is 3. The number of amides is 3. The molecular weight excluding hydrogens is 529 g/mol. The Bertz CT molecular complexity index is 1300. The maximum atomic E-state index is 14.1. The Hall–Kier alpha value is -3.84. The van der Waals surface area contributed by atoms with Crippen molar-refractivity contribution in [2.24, 2.45) is 16.3 Å². The number of alkyl halides is 1. The molecule has 0 aliphatic carbocycles. The minimum atomic E-state index is -1.33. The van der Waals surface area contributed by atoms with Crippen molar-refractivity contribution in [2.75, 3.05) is 26.5 Å². The van der Waals surface area contributed by atoms with Crippen LogP contribution in [0.3, 0.4) is 0 Å². The van der Waals surface area contributed by atoms with Gasteiger partial charge in [-0.25, -0.2) is 18.2 Å². The molecule has 1 saturated heterocycles. The molecule has 2 aliphatic rings. The molecule has 10 nitrogen and oxygen atoms in total. The number of pyridine rings is 1. The molecule has 1 aromatic carbocycles. The number of nitrogens with two attached hydrogens (primary N) is 1. The highest BCUT2D eigenvalue weighted by molar-refractivity contribution is 6.13. The summed E-state index contributed by atoms with van der Waals surface area (Å²) in [5, 5.41) is 7.52. The van der Waals surface area contributed by atoms with Crippen LogP contribution in [0, 0.1) is 17.0 Å². The van der Waals surface area contributed by atoms with Crippen LogP contribution >= 0.6 is 0 Å². The van der Waals surface area contributed by atoms with Gasteiger partial charge in [-0.05, 0) is 32.0 Å². The molecule has 0 spiro atoms. The second-order valence-electron chi connectivity index (χ2n) is 10.5. The molecular formula is C27H31F3N6O4. The van der Waals surface area contributed by atoms with Crippen LogP contribution in [0.15, 0.2) is 47.7 Å². The van der Waals surface area contributed by atoms with Crippen molar-refractivity contribution in [1.82, 2.24) is 20.2 Å². The number of piperidine rings is 1. The summed E-state index contributed by atoms with van der Waals surface area (Å²) >= 11 is 0. The van der Waals surface area contributed by atoms with Gasteiger partial charge in [0.05, 0.1) is 24.5 Å². The first-order valence-electron chi connectivity index (χ1n) is 12.7. The number of halogens is 3. The molecule has 13 heteroatoms. The number of nitrogens with one attached hydrogen (secondary N) is 1. The number of ether oxygens (including phenoxy) is 1. The Morgan fingerprint density at radius 2 is 2.02 bits per heavy atom. The zero-order valence-electron chi connectivity index (χ0n) is 22.2. The highest BCUT2D eigenvalue weighted by Crippen LogP contribution is 2.38. The first kappa shape index (κ1) is 29.2. The minimum absolute atomic E-state index is 0.0640. The van der Waals surface area contributed by atoms with E-state index >= 15 is 0 Å². The molecule has 0 bridgehead atoms. The van der Waals surface area contributed by atoms with Crippen LogP contribution < -0.4 is 11.1 Å². The van der Waals surface area contributed by atoms with Crippen LogP contribution in [0.4, 0.5) is 13.2 Å². The van der Waals surface area contributed by atoms with E-state index in [4.69, 9.17) is 10.5 Å². The lowest BCUT2D eigenvalue weighted by Gasteiger charge is -2.40. The van der Waals surface area contributed by atoms with Gasteiger partial charge in [-0.15, -0.1) is 0 Å². The summed E-state index contributed by atoms with van der Waals surface area (Å²) in [5.41, 5.74) is 4.35. The molecule has 0 saturated carbocycles. The zero-order valence-corrected chi connectivity index (χ0v) is 22.2. The third-order valence-corrected chi connectivity index (χ3v) is 6.90. The van der Waals surface area contributed by atoms with Gasteiger partial charge in [0.15, 0.2) is 6.80 Å². The fraction of sp³-hybridized carbons (Fsp3) is 0.444. The van der Waals surface area contributed by atoms with Gasteiger partial charge in [0.2, 0.25) is 11.8 Å². The molecule has 1 aromatic heterocycles. The maximum absolute atomic E-state index is 14.1. The summed E-state index contributed by atoms with van der Waals surface area (Å²) in [7, 11) is 0. The highest BCUT2D eigenvalue weighted by Gasteiger charge is 2.55. The van der Waals surface area contributed by atoms with Gasteiger partial charge in [0.1, 0.15) is 23.1 Å². The van der Waals surface area contributed by atoms with Gasteiger partial charge in [-0.2, -0.15) is 5.10 Å². The molecule has 40 heavy (non-hydrogen) atoms. The Kier molecular flexibility index (Phi) is 8.54. The van der Waals surface area contributed by atoms with E-state index in [0.29, 0.717) is 17.5 Å². The molecule has 214 valence electrons. The SMILES string of the molecule is CC(C)(N)C(=O)N[C@H](COCc1ccc(F)cc1F)C(=O)N1CCC2=NN(CF)C(=O)[C@]2(Cc2ccccn2)C1. The number of hydrogen-bond donors (Lipinski definition) is 2. The number of hydrogen-bond acceptors (Lipinski definition) is 7. The molecule has 1 fully saturated rings. The molecule has 0 radical (unpaired) electrons. The Labute approximate surface area is 229 Å². The number of aromatic nitrogens is 1. The average Bonchev–Trinajstić information content (AvgIpc) is 3.19. The van der Waals surface area contributed by atoms with Crippen LogP contribution in [0.2, 0.25) is 0 Å². The normalized spacial score (nSPS) is 19.8. The lowest BCUT2D eigenvalue weighted by atomic mass is 9.74. The van der Waals surface area contributed by atoms with E-state index in [-0.39, 0.29) is 44.7 Å². The fourth-order valence-electron chi connectivity index (χ4n) is 4.73. The molecule has 3 heterocycles. The third kappa shape index (κ3) is 6.15. The topological polar surface area (TPSA) is 130 Å². The standard InChI is InChI=1S/C27H31F3N6O4/c1-26(2,31)24(38)33-21(14-40-13-17-6-7-18(29)11-20(17)30)23(37)35-10-8-22-27(15-35,25(39)36(16-28)34-22)12-19-5-3-4-9-32-19/h3-7,9,11,21H,8,10,12-16,31H2,1-2H3,(H,33,38)/t21-,27-/m1/s1. The van der Waals surface area contributed by atoms with E-state index in [1.807, 2.05) is 0 Å². The molecule has 4 rings (SSSR count). The van der Waals surface area contributed by atoms with Crippen molar-refractivity contribution in [3.8, 4) is 0 Å². The summed E-state index contributed by atoms with van der Waals surface area (Å²) < 4.78 is 46.5. The quantitative estimate of drug-likeness (QED) is 0.426. The zero-order chi connectivity index (χ0) is 29.1. The number of nitrogens with zero attached hydrogens (tertiary/aromatic N) is 4. The summed E-state index contributed by atoms with van der Waals surface area (Å²) in [6, 6.07) is 6.99. The second-order valence-corrected chi connectivity index (χ2v) is 10.5. The average molecular weight is 561 g/mol. The van der Waals surface area contributed by atoms with E-state index in [0.717, 1.165) is 11.1 Å². The highest BCUT2D eigenvalue weighted by atomic mass is 19.1. The van der Waals surface area contributed by atoms with Crippen LogP contribution in [-0.2, 0) is 32.1 Å². The lowest BCUT2D eigenvalue weighted by Crippen LogP contribution is -2.61. The van der Waals surface area contributed by atoms with Gasteiger partial charge >= 0.3 is 0 Å². The largest absolute Gasteiger partial charge is 0.374 e. The van der Waals surface area contributed by atoms with E-state index in [1.165, 1.54) is 24.8 Å². The van der Waals surface area contributed by atoms with Crippen molar-refractivity contribution >= 4 is 23.4 Å². The molecule has 3 N–H and O–H groups in total.